The Hall–Kier alpha value is -2.12. The largest absolute Gasteiger partial charge is 0.454 e. The third kappa shape index (κ3) is 2.32. The van der Waals surface area contributed by atoms with E-state index in [0.29, 0.717) is 22.2 Å². The number of hydrogen-bond acceptors (Lipinski definition) is 6. The van der Waals surface area contributed by atoms with Crippen molar-refractivity contribution in [1.29, 1.82) is 0 Å². The summed E-state index contributed by atoms with van der Waals surface area (Å²) in [6, 6.07) is 5.30. The molecule has 1 N–H and O–H groups in total. The number of nitrogens with zero attached hydrogens (tertiary/aromatic N) is 2. The summed E-state index contributed by atoms with van der Waals surface area (Å²) in [5.74, 6) is 0.885. The smallest absolute Gasteiger partial charge is 0.261 e. The first-order valence-corrected chi connectivity index (χ1v) is 7.89. The summed E-state index contributed by atoms with van der Waals surface area (Å²) >= 11 is 1.54. The molecular weight excluding hydrogens is 302 g/mol. The summed E-state index contributed by atoms with van der Waals surface area (Å²) in [4.78, 5) is 20.5. The van der Waals surface area contributed by atoms with Gasteiger partial charge in [0.05, 0.1) is 11.3 Å². The topological polar surface area (TPSA) is 63.7 Å². The second-order valence-electron chi connectivity index (χ2n) is 5.37. The van der Waals surface area contributed by atoms with Crippen molar-refractivity contribution in [1.82, 2.24) is 9.88 Å². The Morgan fingerprint density at radius 1 is 1.41 bits per heavy atom. The summed E-state index contributed by atoms with van der Waals surface area (Å²) in [6.45, 7) is 2.04. The van der Waals surface area contributed by atoms with E-state index in [2.05, 4.69) is 22.2 Å². The van der Waals surface area contributed by atoms with E-state index in [0.717, 1.165) is 25.2 Å². The molecule has 7 heteroatoms. The minimum Gasteiger partial charge on any atom is -0.454 e. The molecule has 0 saturated carbocycles. The molecule has 2 aliphatic rings. The molecule has 2 aromatic rings. The van der Waals surface area contributed by atoms with Crippen LogP contribution in [0.1, 0.15) is 20.9 Å². The number of carbonyl (C=O) groups excluding carboxylic acids is 1. The average Bonchev–Trinajstić information content (AvgIpc) is 3.11. The number of amides is 1. The molecular formula is C15H15N3O3S. The van der Waals surface area contributed by atoms with Crippen molar-refractivity contribution in [2.24, 2.45) is 0 Å². The molecule has 4 rings (SSSR count). The fraction of sp³-hybridized carbons (Fsp3) is 0.333. The van der Waals surface area contributed by atoms with Gasteiger partial charge in [-0.05, 0) is 19.2 Å². The van der Waals surface area contributed by atoms with Gasteiger partial charge in [0.1, 0.15) is 0 Å². The van der Waals surface area contributed by atoms with Crippen molar-refractivity contribution in [2.45, 2.75) is 13.0 Å². The second kappa shape index (κ2) is 5.26. The van der Waals surface area contributed by atoms with Gasteiger partial charge < -0.3 is 14.4 Å². The Morgan fingerprint density at radius 3 is 3.23 bits per heavy atom. The van der Waals surface area contributed by atoms with Crippen molar-refractivity contribution in [3.63, 3.8) is 0 Å². The lowest BCUT2D eigenvalue weighted by molar-refractivity contribution is 0.102. The molecule has 2 aliphatic heterocycles. The maximum Gasteiger partial charge on any atom is 0.261 e. The van der Waals surface area contributed by atoms with Gasteiger partial charge in [0.25, 0.3) is 5.91 Å². The number of carbonyl (C=O) groups is 1. The molecule has 1 amide bonds. The number of hydrogen-bond donors (Lipinski definition) is 1. The SMILES string of the molecule is CN1CCc2nc(NC(=O)c3cccc4c3OCO4)sc2C1. The number of thiazole rings is 1. The van der Waals surface area contributed by atoms with Gasteiger partial charge in [-0.2, -0.15) is 0 Å². The number of ether oxygens (including phenoxy) is 2. The van der Waals surface area contributed by atoms with Gasteiger partial charge in [0, 0.05) is 24.4 Å². The first-order valence-electron chi connectivity index (χ1n) is 7.08. The molecule has 1 aromatic carbocycles. The van der Waals surface area contributed by atoms with Crippen LogP contribution in [0.2, 0.25) is 0 Å². The summed E-state index contributed by atoms with van der Waals surface area (Å²) in [5, 5.41) is 3.51. The van der Waals surface area contributed by atoms with Crippen LogP contribution in [0.5, 0.6) is 11.5 Å². The minimum atomic E-state index is -0.221. The van der Waals surface area contributed by atoms with Gasteiger partial charge in [-0.25, -0.2) is 4.98 Å². The molecule has 6 nitrogen and oxygen atoms in total. The highest BCUT2D eigenvalue weighted by molar-refractivity contribution is 7.15. The number of nitrogens with one attached hydrogen (secondary N) is 1. The predicted molar refractivity (Wildman–Crippen MR) is 82.7 cm³/mol. The van der Waals surface area contributed by atoms with Crippen LogP contribution in [-0.4, -0.2) is 36.2 Å². The van der Waals surface area contributed by atoms with Gasteiger partial charge in [-0.1, -0.05) is 6.07 Å². The standard InChI is InChI=1S/C15H15N3O3S/c1-18-6-5-10-12(7-18)22-15(16-10)17-14(19)9-3-2-4-11-13(9)21-8-20-11/h2-4H,5-8H2,1H3,(H,16,17,19). The summed E-state index contributed by atoms with van der Waals surface area (Å²) in [6.07, 6.45) is 0.926. The molecule has 22 heavy (non-hydrogen) atoms. The van der Waals surface area contributed by atoms with Crippen LogP contribution in [0.15, 0.2) is 18.2 Å². The van der Waals surface area contributed by atoms with Crippen molar-refractivity contribution in [3.05, 3.63) is 34.3 Å². The van der Waals surface area contributed by atoms with Crippen LogP contribution < -0.4 is 14.8 Å². The third-order valence-corrected chi connectivity index (χ3v) is 4.78. The number of likely N-dealkylation sites (N-methyl/N-ethyl adjacent to an activating group) is 1. The zero-order chi connectivity index (χ0) is 15.1. The zero-order valence-electron chi connectivity index (χ0n) is 12.1. The van der Waals surface area contributed by atoms with Crippen molar-refractivity contribution in [3.8, 4) is 11.5 Å². The molecule has 0 atom stereocenters. The zero-order valence-corrected chi connectivity index (χ0v) is 12.9. The van der Waals surface area contributed by atoms with Gasteiger partial charge in [0.15, 0.2) is 16.6 Å². The molecule has 0 unspecified atom stereocenters. The van der Waals surface area contributed by atoms with E-state index in [-0.39, 0.29) is 12.7 Å². The minimum absolute atomic E-state index is 0.150. The van der Waals surface area contributed by atoms with Crippen molar-refractivity contribution < 1.29 is 14.3 Å². The molecule has 3 heterocycles. The summed E-state index contributed by atoms with van der Waals surface area (Å²) in [5.41, 5.74) is 1.57. The molecule has 0 radical (unpaired) electrons. The number of aromatic nitrogens is 1. The maximum absolute atomic E-state index is 12.5. The average molecular weight is 317 g/mol. The molecule has 0 bridgehead atoms. The first-order chi connectivity index (χ1) is 10.7. The number of para-hydroxylation sites is 1. The number of benzene rings is 1. The van der Waals surface area contributed by atoms with E-state index >= 15 is 0 Å². The highest BCUT2D eigenvalue weighted by atomic mass is 32.1. The molecule has 1 aromatic heterocycles. The highest BCUT2D eigenvalue weighted by Gasteiger charge is 2.24. The quantitative estimate of drug-likeness (QED) is 0.919. The van der Waals surface area contributed by atoms with Gasteiger partial charge in [0.2, 0.25) is 6.79 Å². The Balaban J connectivity index is 1.57. The van der Waals surface area contributed by atoms with Crippen LogP contribution in [-0.2, 0) is 13.0 Å². The fourth-order valence-electron chi connectivity index (χ4n) is 2.65. The maximum atomic E-state index is 12.5. The summed E-state index contributed by atoms with van der Waals surface area (Å²) in [7, 11) is 2.09. The van der Waals surface area contributed by atoms with E-state index in [4.69, 9.17) is 9.47 Å². The summed E-state index contributed by atoms with van der Waals surface area (Å²) < 4.78 is 10.7. The van der Waals surface area contributed by atoms with Crippen molar-refractivity contribution in [2.75, 3.05) is 25.7 Å². The Morgan fingerprint density at radius 2 is 2.32 bits per heavy atom. The molecule has 0 saturated heterocycles. The van der Waals surface area contributed by atoms with Crippen molar-refractivity contribution >= 4 is 22.4 Å². The lowest BCUT2D eigenvalue weighted by Gasteiger charge is -2.20. The van der Waals surface area contributed by atoms with E-state index in [1.165, 1.54) is 16.2 Å². The molecule has 114 valence electrons. The van der Waals surface area contributed by atoms with Crippen LogP contribution in [0, 0.1) is 0 Å². The highest BCUT2D eigenvalue weighted by Crippen LogP contribution is 2.36. The Bertz CT molecular complexity index is 744. The number of fused-ring (bicyclic) bond motifs is 2. The molecule has 0 spiro atoms. The number of rotatable bonds is 2. The first kappa shape index (κ1) is 13.5. The van der Waals surface area contributed by atoms with E-state index < -0.39 is 0 Å². The van der Waals surface area contributed by atoms with E-state index in [1.54, 1.807) is 18.2 Å². The molecule has 0 aliphatic carbocycles. The predicted octanol–water partition coefficient (Wildman–Crippen LogP) is 2.11. The van der Waals surface area contributed by atoms with Gasteiger partial charge in [-0.15, -0.1) is 11.3 Å². The normalized spacial score (nSPS) is 16.4. The lowest BCUT2D eigenvalue weighted by atomic mass is 10.2. The molecule has 0 fully saturated rings. The van der Waals surface area contributed by atoms with Crippen LogP contribution >= 0.6 is 11.3 Å². The number of anilines is 1. The second-order valence-corrected chi connectivity index (χ2v) is 6.45. The Kier molecular flexibility index (Phi) is 3.24. The van der Waals surface area contributed by atoms with Gasteiger partial charge in [-0.3, -0.25) is 10.1 Å². The monoisotopic (exact) mass is 317 g/mol. The van der Waals surface area contributed by atoms with Crippen LogP contribution in [0.4, 0.5) is 5.13 Å². The fourth-order valence-corrected chi connectivity index (χ4v) is 3.73. The van der Waals surface area contributed by atoms with E-state index in [9.17, 15) is 4.79 Å². The Labute approximate surface area is 131 Å². The van der Waals surface area contributed by atoms with E-state index in [1.807, 2.05) is 0 Å². The van der Waals surface area contributed by atoms with Crippen LogP contribution in [0.25, 0.3) is 0 Å². The lowest BCUT2D eigenvalue weighted by Crippen LogP contribution is -2.25. The third-order valence-electron chi connectivity index (χ3n) is 3.78. The van der Waals surface area contributed by atoms with Gasteiger partial charge >= 0.3 is 0 Å². The van der Waals surface area contributed by atoms with Crippen LogP contribution in [0.3, 0.4) is 0 Å².